The monoisotopic (exact) mass is 304 g/mol. The fraction of sp³-hybridized carbons (Fsp3) is 0.500. The maximum atomic E-state index is 12.2. The fourth-order valence-electron chi connectivity index (χ4n) is 1.91. The number of nitrogens with zero attached hydrogens (tertiary/aromatic N) is 1. The molecule has 0 saturated carbocycles. The minimum absolute atomic E-state index is 0. The lowest BCUT2D eigenvalue weighted by Gasteiger charge is -2.24. The molecule has 1 unspecified atom stereocenters. The number of benzene rings is 1. The summed E-state index contributed by atoms with van der Waals surface area (Å²) in [5, 5.41) is 3.74. The molecule has 1 aromatic carbocycles. The Morgan fingerprint density at radius 2 is 2.16 bits per heavy atom. The van der Waals surface area contributed by atoms with Crippen LogP contribution in [0.25, 0.3) is 0 Å². The molecule has 0 aliphatic heterocycles. The zero-order valence-corrected chi connectivity index (χ0v) is 13.2. The molecule has 19 heavy (non-hydrogen) atoms. The summed E-state index contributed by atoms with van der Waals surface area (Å²) in [5.41, 5.74) is 1.06. The van der Waals surface area contributed by atoms with Gasteiger partial charge >= 0.3 is 0 Å². The number of carbonyl (C=O) groups is 1. The zero-order valence-electron chi connectivity index (χ0n) is 11.6. The van der Waals surface area contributed by atoms with E-state index in [0.717, 1.165) is 5.56 Å². The number of amides is 1. The van der Waals surface area contributed by atoms with Crippen molar-refractivity contribution in [3.63, 3.8) is 0 Å². The number of halogens is 2. The van der Waals surface area contributed by atoms with E-state index >= 15 is 0 Å². The van der Waals surface area contributed by atoms with Crippen molar-refractivity contribution >= 4 is 29.9 Å². The van der Waals surface area contributed by atoms with Gasteiger partial charge in [-0.1, -0.05) is 30.7 Å². The van der Waals surface area contributed by atoms with Gasteiger partial charge in [0.15, 0.2) is 0 Å². The lowest BCUT2D eigenvalue weighted by atomic mass is 10.1. The number of rotatable bonds is 6. The second-order valence-electron chi connectivity index (χ2n) is 4.44. The summed E-state index contributed by atoms with van der Waals surface area (Å²) in [6.07, 6.45) is 0. The second-order valence-corrected chi connectivity index (χ2v) is 4.88. The van der Waals surface area contributed by atoms with E-state index < -0.39 is 0 Å². The molecule has 0 heterocycles. The highest BCUT2D eigenvalue weighted by atomic mass is 35.5. The molecule has 0 fully saturated rings. The van der Waals surface area contributed by atoms with E-state index in [-0.39, 0.29) is 24.2 Å². The van der Waals surface area contributed by atoms with Gasteiger partial charge in [0.05, 0.1) is 0 Å². The van der Waals surface area contributed by atoms with Crippen molar-refractivity contribution in [2.75, 3.05) is 20.1 Å². The average molecular weight is 305 g/mol. The number of hydrogen-bond donors (Lipinski definition) is 1. The van der Waals surface area contributed by atoms with Crippen LogP contribution < -0.4 is 5.32 Å². The maximum Gasteiger partial charge on any atom is 0.226 e. The Labute approximate surface area is 126 Å². The highest BCUT2D eigenvalue weighted by Crippen LogP contribution is 2.14. The van der Waals surface area contributed by atoms with Crippen LogP contribution in [-0.4, -0.2) is 30.9 Å². The quantitative estimate of drug-likeness (QED) is 0.876. The molecule has 1 atom stereocenters. The van der Waals surface area contributed by atoms with Gasteiger partial charge in [0.1, 0.15) is 0 Å². The first kappa shape index (κ1) is 18.2. The summed E-state index contributed by atoms with van der Waals surface area (Å²) in [5.74, 6) is 0.168. The normalized spacial score (nSPS) is 11.6. The first-order valence-corrected chi connectivity index (χ1v) is 6.64. The molecule has 0 aromatic heterocycles. The Bertz CT molecular complexity index is 399. The summed E-state index contributed by atoms with van der Waals surface area (Å²) in [6.45, 7) is 5.96. The molecule has 0 radical (unpaired) electrons. The standard InChI is InChI=1S/C14H21ClN2O.ClH/c1-4-17(14(18)11(2)9-16-3)10-12-6-5-7-13(15)8-12;/h5-8,11,16H,4,9-10H2,1-3H3;1H. The molecule has 0 bridgehead atoms. The van der Waals surface area contributed by atoms with Crippen molar-refractivity contribution in [1.82, 2.24) is 10.2 Å². The third-order valence-electron chi connectivity index (χ3n) is 2.89. The molecule has 5 heteroatoms. The van der Waals surface area contributed by atoms with Crippen molar-refractivity contribution in [3.8, 4) is 0 Å². The van der Waals surface area contributed by atoms with Crippen LogP contribution in [0.2, 0.25) is 5.02 Å². The van der Waals surface area contributed by atoms with Gasteiger partial charge in [-0.15, -0.1) is 12.4 Å². The first-order valence-electron chi connectivity index (χ1n) is 6.26. The zero-order chi connectivity index (χ0) is 13.5. The third-order valence-corrected chi connectivity index (χ3v) is 3.12. The Morgan fingerprint density at radius 1 is 1.47 bits per heavy atom. The van der Waals surface area contributed by atoms with Crippen LogP contribution in [-0.2, 0) is 11.3 Å². The van der Waals surface area contributed by atoms with E-state index in [1.165, 1.54) is 0 Å². The minimum atomic E-state index is -0.00543. The summed E-state index contributed by atoms with van der Waals surface area (Å²) in [7, 11) is 1.86. The molecule has 0 spiro atoms. The van der Waals surface area contributed by atoms with Crippen molar-refractivity contribution in [2.24, 2.45) is 5.92 Å². The molecule has 3 nitrogen and oxygen atoms in total. The van der Waals surface area contributed by atoms with Crippen LogP contribution in [0.4, 0.5) is 0 Å². The SMILES string of the molecule is CCN(Cc1cccc(Cl)c1)C(=O)C(C)CNC.Cl. The van der Waals surface area contributed by atoms with Crippen molar-refractivity contribution < 1.29 is 4.79 Å². The summed E-state index contributed by atoms with van der Waals surface area (Å²) < 4.78 is 0. The highest BCUT2D eigenvalue weighted by Gasteiger charge is 2.18. The van der Waals surface area contributed by atoms with Crippen LogP contribution in [0.3, 0.4) is 0 Å². The predicted octanol–water partition coefficient (Wildman–Crippen LogP) is 2.97. The number of carbonyl (C=O) groups excluding carboxylic acids is 1. The van der Waals surface area contributed by atoms with Crippen molar-refractivity contribution in [2.45, 2.75) is 20.4 Å². The van der Waals surface area contributed by atoms with Crippen molar-refractivity contribution in [1.29, 1.82) is 0 Å². The summed E-state index contributed by atoms with van der Waals surface area (Å²) in [6, 6.07) is 7.64. The Kier molecular flexibility index (Phi) is 8.81. The van der Waals surface area contributed by atoms with Gasteiger partial charge in [0, 0.05) is 30.6 Å². The highest BCUT2D eigenvalue weighted by molar-refractivity contribution is 6.30. The Balaban J connectivity index is 0.00000324. The van der Waals surface area contributed by atoms with Crippen LogP contribution in [0, 0.1) is 5.92 Å². The first-order chi connectivity index (χ1) is 8.58. The molecule has 1 N–H and O–H groups in total. The third kappa shape index (κ3) is 5.81. The average Bonchev–Trinajstić information content (AvgIpc) is 2.35. The molecular weight excluding hydrogens is 283 g/mol. The van der Waals surface area contributed by atoms with Crippen LogP contribution in [0.5, 0.6) is 0 Å². The van der Waals surface area contributed by atoms with Gasteiger partial charge < -0.3 is 10.2 Å². The Hall–Kier alpha value is -0.770. The van der Waals surface area contributed by atoms with Gasteiger partial charge in [-0.05, 0) is 31.7 Å². The minimum Gasteiger partial charge on any atom is -0.338 e. The van der Waals surface area contributed by atoms with Gasteiger partial charge in [-0.25, -0.2) is 0 Å². The van der Waals surface area contributed by atoms with E-state index in [1.807, 2.05) is 50.1 Å². The van der Waals surface area contributed by atoms with E-state index in [0.29, 0.717) is 24.7 Å². The molecule has 1 amide bonds. The van der Waals surface area contributed by atoms with Gasteiger partial charge in [-0.2, -0.15) is 0 Å². The number of hydrogen-bond acceptors (Lipinski definition) is 2. The van der Waals surface area contributed by atoms with E-state index in [2.05, 4.69) is 5.32 Å². The van der Waals surface area contributed by atoms with Gasteiger partial charge in [0.25, 0.3) is 0 Å². The van der Waals surface area contributed by atoms with Crippen molar-refractivity contribution in [3.05, 3.63) is 34.9 Å². The Morgan fingerprint density at radius 3 is 2.68 bits per heavy atom. The van der Waals surface area contributed by atoms with Crippen LogP contribution in [0.1, 0.15) is 19.4 Å². The van der Waals surface area contributed by atoms with Crippen LogP contribution in [0.15, 0.2) is 24.3 Å². The molecule has 0 saturated heterocycles. The predicted molar refractivity (Wildman–Crippen MR) is 82.9 cm³/mol. The number of nitrogens with one attached hydrogen (secondary N) is 1. The summed E-state index contributed by atoms with van der Waals surface area (Å²) in [4.78, 5) is 14.1. The fourth-order valence-corrected chi connectivity index (χ4v) is 2.12. The molecule has 0 aliphatic rings. The second kappa shape index (κ2) is 9.18. The van der Waals surface area contributed by atoms with Crippen LogP contribution >= 0.6 is 24.0 Å². The van der Waals surface area contributed by atoms with Gasteiger partial charge in [0.2, 0.25) is 5.91 Å². The van der Waals surface area contributed by atoms with E-state index in [4.69, 9.17) is 11.6 Å². The smallest absolute Gasteiger partial charge is 0.226 e. The molecule has 1 rings (SSSR count). The lowest BCUT2D eigenvalue weighted by Crippen LogP contribution is -2.38. The topological polar surface area (TPSA) is 32.3 Å². The molecule has 108 valence electrons. The maximum absolute atomic E-state index is 12.2. The lowest BCUT2D eigenvalue weighted by molar-refractivity contribution is -0.135. The van der Waals surface area contributed by atoms with E-state index in [1.54, 1.807) is 0 Å². The van der Waals surface area contributed by atoms with Gasteiger partial charge in [-0.3, -0.25) is 4.79 Å². The molecule has 0 aliphatic carbocycles. The summed E-state index contributed by atoms with van der Waals surface area (Å²) >= 11 is 5.95. The van der Waals surface area contributed by atoms with E-state index in [9.17, 15) is 4.79 Å². The molecule has 1 aromatic rings. The largest absolute Gasteiger partial charge is 0.338 e. The molecular formula is C14H22Cl2N2O.